The Hall–Kier alpha value is -2.25. The van der Waals surface area contributed by atoms with Crippen molar-refractivity contribution >= 4 is 5.91 Å². The van der Waals surface area contributed by atoms with E-state index in [1.807, 2.05) is 29.6 Å². The van der Waals surface area contributed by atoms with Crippen molar-refractivity contribution < 1.29 is 9.53 Å². The number of morpholine rings is 1. The normalized spacial score (nSPS) is 21.3. The van der Waals surface area contributed by atoms with Gasteiger partial charge in [-0.3, -0.25) is 14.7 Å². The van der Waals surface area contributed by atoms with E-state index in [2.05, 4.69) is 25.5 Å². The minimum atomic E-state index is 0.229. The number of nitrogens with zero attached hydrogens (tertiary/aromatic N) is 5. The van der Waals surface area contributed by atoms with Crippen molar-refractivity contribution in [3.05, 3.63) is 48.3 Å². The third-order valence-electron chi connectivity index (χ3n) is 5.43. The van der Waals surface area contributed by atoms with Gasteiger partial charge in [-0.25, -0.2) is 4.98 Å². The van der Waals surface area contributed by atoms with E-state index >= 15 is 0 Å². The van der Waals surface area contributed by atoms with Crippen LogP contribution >= 0.6 is 0 Å². The Balaban J connectivity index is 1.39. The quantitative estimate of drug-likeness (QED) is 0.796. The zero-order valence-electron chi connectivity index (χ0n) is 15.7. The lowest BCUT2D eigenvalue weighted by Crippen LogP contribution is -2.47. The molecular formula is C20H27N5O2. The predicted molar refractivity (Wildman–Crippen MR) is 101 cm³/mol. The molecule has 2 saturated heterocycles. The Morgan fingerprint density at radius 3 is 2.93 bits per heavy atom. The first-order valence-electron chi connectivity index (χ1n) is 9.77. The molecule has 1 atom stereocenters. The van der Waals surface area contributed by atoms with Gasteiger partial charge in [-0.1, -0.05) is 6.07 Å². The van der Waals surface area contributed by atoms with Crippen LogP contribution in [0.4, 0.5) is 0 Å². The number of amides is 1. The molecule has 0 radical (unpaired) electrons. The number of aromatic nitrogens is 3. The van der Waals surface area contributed by atoms with Gasteiger partial charge in [0, 0.05) is 56.9 Å². The fourth-order valence-electron chi connectivity index (χ4n) is 3.97. The molecule has 0 saturated carbocycles. The molecule has 144 valence electrons. The largest absolute Gasteiger partial charge is 0.379 e. The number of carbonyl (C=O) groups excluding carboxylic acids is 1. The van der Waals surface area contributed by atoms with Gasteiger partial charge in [-0.15, -0.1) is 0 Å². The van der Waals surface area contributed by atoms with Crippen molar-refractivity contribution in [3.8, 4) is 0 Å². The highest BCUT2D eigenvalue weighted by molar-refractivity contribution is 5.78. The topological polar surface area (TPSA) is 63.5 Å². The molecule has 0 spiro atoms. The van der Waals surface area contributed by atoms with Crippen molar-refractivity contribution in [1.82, 2.24) is 24.3 Å². The molecule has 0 aliphatic carbocycles. The van der Waals surface area contributed by atoms with Gasteiger partial charge in [0.15, 0.2) is 0 Å². The molecule has 2 aromatic heterocycles. The van der Waals surface area contributed by atoms with E-state index in [0.29, 0.717) is 12.5 Å². The van der Waals surface area contributed by atoms with Crippen LogP contribution in [0, 0.1) is 0 Å². The Bertz CT molecular complexity index is 742. The molecule has 2 aromatic rings. The van der Waals surface area contributed by atoms with Crippen LogP contribution in [0.1, 0.15) is 30.1 Å². The fourth-order valence-corrected chi connectivity index (χ4v) is 3.97. The first-order chi connectivity index (χ1) is 13.3. The second-order valence-corrected chi connectivity index (χ2v) is 7.34. The molecule has 1 amide bonds. The van der Waals surface area contributed by atoms with Gasteiger partial charge in [0.25, 0.3) is 0 Å². The van der Waals surface area contributed by atoms with E-state index in [-0.39, 0.29) is 5.91 Å². The number of ether oxygens (including phenoxy) is 1. The summed E-state index contributed by atoms with van der Waals surface area (Å²) >= 11 is 0. The number of pyridine rings is 1. The van der Waals surface area contributed by atoms with Crippen LogP contribution < -0.4 is 0 Å². The average molecular weight is 369 g/mol. The molecule has 7 nitrogen and oxygen atoms in total. The summed E-state index contributed by atoms with van der Waals surface area (Å²) < 4.78 is 7.56. The van der Waals surface area contributed by atoms with Crippen molar-refractivity contribution in [2.45, 2.75) is 25.3 Å². The SMILES string of the molecule is O=C(CN1CCOCC1)N1CCC[C@H](c2nccn2Cc2cccnc2)C1. The summed E-state index contributed by atoms with van der Waals surface area (Å²) in [5, 5.41) is 0. The first kappa shape index (κ1) is 18.1. The van der Waals surface area contributed by atoms with Gasteiger partial charge in [0.2, 0.25) is 5.91 Å². The number of likely N-dealkylation sites (tertiary alicyclic amines) is 1. The first-order valence-corrected chi connectivity index (χ1v) is 9.77. The molecule has 0 unspecified atom stereocenters. The van der Waals surface area contributed by atoms with Crippen molar-refractivity contribution in [2.75, 3.05) is 45.9 Å². The molecule has 0 bridgehead atoms. The van der Waals surface area contributed by atoms with Gasteiger partial charge >= 0.3 is 0 Å². The van der Waals surface area contributed by atoms with E-state index in [4.69, 9.17) is 4.74 Å². The van der Waals surface area contributed by atoms with E-state index in [1.165, 1.54) is 0 Å². The number of hydrogen-bond acceptors (Lipinski definition) is 5. The third kappa shape index (κ3) is 4.54. The van der Waals surface area contributed by atoms with Gasteiger partial charge in [-0.05, 0) is 24.5 Å². The highest BCUT2D eigenvalue weighted by atomic mass is 16.5. The third-order valence-corrected chi connectivity index (χ3v) is 5.43. The lowest BCUT2D eigenvalue weighted by molar-refractivity contribution is -0.134. The Labute approximate surface area is 160 Å². The highest BCUT2D eigenvalue weighted by Crippen LogP contribution is 2.26. The summed E-state index contributed by atoms with van der Waals surface area (Å²) in [6.07, 6.45) is 9.67. The lowest BCUT2D eigenvalue weighted by atomic mass is 9.97. The van der Waals surface area contributed by atoms with E-state index in [0.717, 1.165) is 70.2 Å². The smallest absolute Gasteiger partial charge is 0.236 e. The van der Waals surface area contributed by atoms with Gasteiger partial charge in [0.1, 0.15) is 5.82 Å². The Morgan fingerprint density at radius 2 is 2.11 bits per heavy atom. The van der Waals surface area contributed by atoms with Gasteiger partial charge in [0.05, 0.1) is 26.3 Å². The fraction of sp³-hybridized carbons (Fsp3) is 0.550. The minimum Gasteiger partial charge on any atom is -0.379 e. The van der Waals surface area contributed by atoms with Crippen molar-refractivity contribution in [1.29, 1.82) is 0 Å². The van der Waals surface area contributed by atoms with E-state index in [1.54, 1.807) is 6.20 Å². The minimum absolute atomic E-state index is 0.229. The molecule has 2 aliphatic heterocycles. The van der Waals surface area contributed by atoms with E-state index in [9.17, 15) is 4.79 Å². The standard InChI is InChI=1S/C20H27N5O2/c26-19(16-23-9-11-27-12-10-23)24-7-2-4-18(15-24)20-22-6-8-25(20)14-17-3-1-5-21-13-17/h1,3,5-6,8,13,18H,2,4,7,9-12,14-16H2/t18-/m0/s1. The van der Waals surface area contributed by atoms with Crippen LogP contribution in [-0.4, -0.2) is 76.2 Å². The Kier molecular flexibility index (Phi) is 5.79. The molecule has 0 N–H and O–H groups in total. The van der Waals surface area contributed by atoms with Crippen LogP contribution in [0.3, 0.4) is 0 Å². The summed E-state index contributed by atoms with van der Waals surface area (Å²) in [5.41, 5.74) is 1.16. The second kappa shape index (κ2) is 8.63. The summed E-state index contributed by atoms with van der Waals surface area (Å²) in [6, 6.07) is 4.04. The maximum absolute atomic E-state index is 12.8. The monoisotopic (exact) mass is 369 g/mol. The van der Waals surface area contributed by atoms with Crippen molar-refractivity contribution in [3.63, 3.8) is 0 Å². The van der Waals surface area contributed by atoms with Gasteiger partial charge in [-0.2, -0.15) is 0 Å². The Morgan fingerprint density at radius 1 is 1.22 bits per heavy atom. The number of hydrogen-bond donors (Lipinski definition) is 0. The van der Waals surface area contributed by atoms with Crippen LogP contribution in [0.5, 0.6) is 0 Å². The zero-order chi connectivity index (χ0) is 18.5. The molecular weight excluding hydrogens is 342 g/mol. The average Bonchev–Trinajstić information content (AvgIpc) is 3.18. The summed E-state index contributed by atoms with van der Waals surface area (Å²) in [7, 11) is 0. The predicted octanol–water partition coefficient (Wildman–Crippen LogP) is 1.36. The maximum atomic E-state index is 12.8. The molecule has 2 fully saturated rings. The molecule has 2 aliphatic rings. The molecule has 27 heavy (non-hydrogen) atoms. The number of carbonyl (C=O) groups is 1. The van der Waals surface area contributed by atoms with Gasteiger partial charge < -0.3 is 14.2 Å². The summed E-state index contributed by atoms with van der Waals surface area (Å²) in [4.78, 5) is 25.8. The molecule has 4 heterocycles. The number of rotatable bonds is 5. The van der Waals surface area contributed by atoms with Crippen LogP contribution in [0.2, 0.25) is 0 Å². The molecule has 0 aromatic carbocycles. The van der Waals surface area contributed by atoms with E-state index < -0.39 is 0 Å². The van der Waals surface area contributed by atoms with Crippen LogP contribution in [0.25, 0.3) is 0 Å². The molecule has 4 rings (SSSR count). The van der Waals surface area contributed by atoms with Crippen LogP contribution in [-0.2, 0) is 16.1 Å². The highest BCUT2D eigenvalue weighted by Gasteiger charge is 2.28. The molecule has 7 heteroatoms. The lowest BCUT2D eigenvalue weighted by Gasteiger charge is -2.35. The summed E-state index contributed by atoms with van der Waals surface area (Å²) in [6.45, 7) is 6.01. The second-order valence-electron chi connectivity index (χ2n) is 7.34. The number of piperidine rings is 1. The number of imidazole rings is 1. The van der Waals surface area contributed by atoms with Crippen molar-refractivity contribution in [2.24, 2.45) is 0 Å². The van der Waals surface area contributed by atoms with Crippen LogP contribution in [0.15, 0.2) is 36.9 Å². The maximum Gasteiger partial charge on any atom is 0.236 e. The summed E-state index contributed by atoms with van der Waals surface area (Å²) in [5.74, 6) is 1.59. The zero-order valence-corrected chi connectivity index (χ0v) is 15.7.